The van der Waals surface area contributed by atoms with Gasteiger partial charge in [0.05, 0.1) is 24.3 Å². The van der Waals surface area contributed by atoms with Gasteiger partial charge >= 0.3 is 55.6 Å². The van der Waals surface area contributed by atoms with Crippen molar-refractivity contribution in [2.45, 2.75) is 32.6 Å². The van der Waals surface area contributed by atoms with E-state index in [0.29, 0.717) is 13.0 Å². The molecule has 1 aromatic carbocycles. The van der Waals surface area contributed by atoms with Crippen molar-refractivity contribution in [2.24, 2.45) is 0 Å². The quantitative estimate of drug-likeness (QED) is 0.292. The van der Waals surface area contributed by atoms with E-state index in [1.54, 1.807) is 25.1 Å². The number of unbranched alkanes of at least 4 members (excludes halogenated alkanes) is 3. The number of carbonyl (C=O) groups is 3. The first-order chi connectivity index (χ1) is 11.6. The number of rotatable bonds is 10. The van der Waals surface area contributed by atoms with Crippen molar-refractivity contribution in [1.29, 1.82) is 0 Å². The Hall–Kier alpha value is -1.37. The first kappa shape index (κ1) is 23.6. The van der Waals surface area contributed by atoms with Gasteiger partial charge in [-0.1, -0.05) is 18.2 Å². The molecule has 0 saturated carbocycles. The standard InChI is InChI=1S/C18H22O6.Ca.2H/c1-2-9-16(19)23-12-7-3-4-8-13-24-18(22)15-11-6-5-10-14(15)17(20)21;;;/h2,5-6,9-11H,3-4,7-8,12-13H2,1H3,(H,20,21);;;. The molecule has 0 fully saturated rings. The summed E-state index contributed by atoms with van der Waals surface area (Å²) < 4.78 is 10.1. The Morgan fingerprint density at radius 1 is 0.960 bits per heavy atom. The van der Waals surface area contributed by atoms with E-state index in [4.69, 9.17) is 14.6 Å². The molecule has 7 heteroatoms. The Morgan fingerprint density at radius 2 is 1.52 bits per heavy atom. The Labute approximate surface area is 177 Å². The van der Waals surface area contributed by atoms with Crippen LogP contribution in [-0.2, 0) is 14.3 Å². The third-order valence-corrected chi connectivity index (χ3v) is 3.20. The molecular weight excluding hydrogens is 352 g/mol. The van der Waals surface area contributed by atoms with Gasteiger partial charge in [0.1, 0.15) is 0 Å². The molecule has 0 saturated heterocycles. The van der Waals surface area contributed by atoms with Crippen LogP contribution in [0.15, 0.2) is 36.4 Å². The van der Waals surface area contributed by atoms with E-state index in [1.807, 2.05) is 0 Å². The minimum absolute atomic E-state index is 0. The normalized spacial score (nSPS) is 10.1. The van der Waals surface area contributed by atoms with Crippen LogP contribution in [0.25, 0.3) is 0 Å². The fraction of sp³-hybridized carbons (Fsp3) is 0.389. The predicted molar refractivity (Wildman–Crippen MR) is 96.5 cm³/mol. The zero-order chi connectivity index (χ0) is 17.8. The number of carbonyl (C=O) groups excluding carboxylic acids is 2. The molecule has 0 unspecified atom stereocenters. The van der Waals surface area contributed by atoms with Crippen molar-refractivity contribution < 1.29 is 29.0 Å². The molecule has 1 aromatic rings. The summed E-state index contributed by atoms with van der Waals surface area (Å²) in [7, 11) is 0. The number of carboxylic acid groups (broad SMARTS) is 1. The molecule has 0 amide bonds. The molecule has 0 radical (unpaired) electrons. The average Bonchev–Trinajstić information content (AvgIpc) is 2.57. The van der Waals surface area contributed by atoms with E-state index in [1.165, 1.54) is 18.2 Å². The van der Waals surface area contributed by atoms with Crippen molar-refractivity contribution in [2.75, 3.05) is 13.2 Å². The molecule has 1 rings (SSSR count). The summed E-state index contributed by atoms with van der Waals surface area (Å²) >= 11 is 0. The first-order valence-electron chi connectivity index (χ1n) is 7.85. The van der Waals surface area contributed by atoms with Crippen molar-refractivity contribution in [1.82, 2.24) is 0 Å². The molecule has 0 spiro atoms. The second-order valence-electron chi connectivity index (χ2n) is 5.07. The van der Waals surface area contributed by atoms with E-state index in [9.17, 15) is 14.4 Å². The SMILES string of the molecule is CC=CC(=O)OCCCCCCOC(=O)c1ccccc1C(=O)O.[CaH2]. The Kier molecular flexibility index (Phi) is 13.1. The molecule has 0 aliphatic heterocycles. The number of esters is 2. The molecule has 0 aliphatic carbocycles. The molecule has 6 nitrogen and oxygen atoms in total. The molecule has 25 heavy (non-hydrogen) atoms. The van der Waals surface area contributed by atoms with Gasteiger partial charge in [-0.2, -0.15) is 0 Å². The van der Waals surface area contributed by atoms with Crippen LogP contribution < -0.4 is 0 Å². The fourth-order valence-corrected chi connectivity index (χ4v) is 2.00. The van der Waals surface area contributed by atoms with Crippen LogP contribution in [0.3, 0.4) is 0 Å². The number of allylic oxidation sites excluding steroid dienone is 1. The Morgan fingerprint density at radius 3 is 2.08 bits per heavy atom. The Bertz CT molecular complexity index is 597. The van der Waals surface area contributed by atoms with Gasteiger partial charge < -0.3 is 14.6 Å². The summed E-state index contributed by atoms with van der Waals surface area (Å²) in [4.78, 5) is 34.0. The van der Waals surface area contributed by atoms with Gasteiger partial charge in [0.15, 0.2) is 0 Å². The summed E-state index contributed by atoms with van der Waals surface area (Å²) in [5.74, 6) is -2.13. The predicted octanol–water partition coefficient (Wildman–Crippen LogP) is 2.31. The van der Waals surface area contributed by atoms with Gasteiger partial charge in [-0.15, -0.1) is 0 Å². The topological polar surface area (TPSA) is 89.9 Å². The molecule has 0 aliphatic rings. The zero-order valence-electron chi connectivity index (χ0n) is 13.7. The summed E-state index contributed by atoms with van der Waals surface area (Å²) in [6.45, 7) is 2.34. The summed E-state index contributed by atoms with van der Waals surface area (Å²) in [6.07, 6.45) is 6.10. The van der Waals surface area contributed by atoms with Gasteiger partial charge in [-0.3, -0.25) is 0 Å². The van der Waals surface area contributed by atoms with Gasteiger partial charge in [0.25, 0.3) is 0 Å². The van der Waals surface area contributed by atoms with E-state index in [-0.39, 0.29) is 61.4 Å². The molecule has 1 N–H and O–H groups in total. The first-order valence-corrected chi connectivity index (χ1v) is 7.85. The number of aromatic carboxylic acids is 1. The van der Waals surface area contributed by atoms with E-state index in [0.717, 1.165) is 19.3 Å². The number of ether oxygens (including phenoxy) is 2. The van der Waals surface area contributed by atoms with Gasteiger partial charge in [0.2, 0.25) is 0 Å². The minimum atomic E-state index is -1.16. The maximum absolute atomic E-state index is 11.9. The number of hydrogen-bond donors (Lipinski definition) is 1. The average molecular weight is 376 g/mol. The number of benzene rings is 1. The monoisotopic (exact) mass is 376 g/mol. The van der Waals surface area contributed by atoms with Crippen LogP contribution >= 0.6 is 0 Å². The molecule has 0 heterocycles. The van der Waals surface area contributed by atoms with Crippen molar-refractivity contribution in [3.8, 4) is 0 Å². The second-order valence-corrected chi connectivity index (χ2v) is 5.07. The van der Waals surface area contributed by atoms with Crippen molar-refractivity contribution >= 4 is 55.6 Å². The van der Waals surface area contributed by atoms with Crippen LogP contribution in [0.4, 0.5) is 0 Å². The van der Waals surface area contributed by atoms with Gasteiger partial charge in [0, 0.05) is 6.08 Å². The van der Waals surface area contributed by atoms with E-state index < -0.39 is 11.9 Å². The molecular formula is C18H24CaO6. The zero-order valence-corrected chi connectivity index (χ0v) is 13.7. The van der Waals surface area contributed by atoms with Crippen molar-refractivity contribution in [3.05, 3.63) is 47.5 Å². The van der Waals surface area contributed by atoms with Gasteiger partial charge in [-0.05, 0) is 44.7 Å². The van der Waals surface area contributed by atoms with Crippen molar-refractivity contribution in [3.63, 3.8) is 0 Å². The number of carboxylic acids is 1. The molecule has 134 valence electrons. The van der Waals surface area contributed by atoms with Crippen LogP contribution in [0.1, 0.15) is 53.3 Å². The molecule has 0 bridgehead atoms. The summed E-state index contributed by atoms with van der Waals surface area (Å²) in [5.41, 5.74) is -0.00802. The van der Waals surface area contributed by atoms with Crippen LogP contribution in [0, 0.1) is 0 Å². The fourth-order valence-electron chi connectivity index (χ4n) is 2.00. The van der Waals surface area contributed by atoms with Crippen LogP contribution in [0.2, 0.25) is 0 Å². The molecule has 0 atom stereocenters. The molecule has 0 aromatic heterocycles. The third-order valence-electron chi connectivity index (χ3n) is 3.20. The third kappa shape index (κ3) is 9.63. The second kappa shape index (κ2) is 13.9. The maximum atomic E-state index is 11.9. The summed E-state index contributed by atoms with van der Waals surface area (Å²) in [5, 5.41) is 9.03. The van der Waals surface area contributed by atoms with E-state index >= 15 is 0 Å². The van der Waals surface area contributed by atoms with E-state index in [2.05, 4.69) is 0 Å². The summed E-state index contributed by atoms with van der Waals surface area (Å²) in [6, 6.07) is 5.96. The van der Waals surface area contributed by atoms with Gasteiger partial charge in [-0.25, -0.2) is 14.4 Å². The number of hydrogen-bond acceptors (Lipinski definition) is 5. The Balaban J connectivity index is 0.00000576. The van der Waals surface area contributed by atoms with Crippen LogP contribution in [-0.4, -0.2) is 74.0 Å². The van der Waals surface area contributed by atoms with Crippen LogP contribution in [0.5, 0.6) is 0 Å².